The Morgan fingerprint density at radius 3 is 2.53 bits per heavy atom. The van der Waals surface area contributed by atoms with Crippen LogP contribution in [0.4, 0.5) is 5.69 Å². The van der Waals surface area contributed by atoms with E-state index in [-0.39, 0.29) is 5.54 Å². The Labute approximate surface area is 104 Å². The Hall–Kier alpha value is -1.10. The van der Waals surface area contributed by atoms with Crippen LogP contribution in [0, 0.1) is 0 Å². The highest BCUT2D eigenvalue weighted by Crippen LogP contribution is 2.12. The largest absolute Gasteiger partial charge is 0.321 e. The first-order chi connectivity index (χ1) is 8.14. The second-order valence-electron chi connectivity index (χ2n) is 4.66. The van der Waals surface area contributed by atoms with Crippen molar-refractivity contribution in [2.75, 3.05) is 19.1 Å². The van der Waals surface area contributed by atoms with Crippen molar-refractivity contribution in [1.82, 2.24) is 10.9 Å². The second-order valence-corrected chi connectivity index (χ2v) is 4.66. The zero-order valence-corrected chi connectivity index (χ0v) is 10.9. The van der Waals surface area contributed by atoms with Gasteiger partial charge in [0.25, 0.3) is 0 Å². The molecule has 1 rings (SSSR count). The van der Waals surface area contributed by atoms with Crippen LogP contribution in [0.15, 0.2) is 30.3 Å². The molecule has 96 valence electrons. The second kappa shape index (κ2) is 7.27. The van der Waals surface area contributed by atoms with Crippen molar-refractivity contribution in [2.24, 2.45) is 0 Å². The van der Waals surface area contributed by atoms with Crippen molar-refractivity contribution >= 4 is 5.69 Å². The van der Waals surface area contributed by atoms with E-state index in [2.05, 4.69) is 30.2 Å². The van der Waals surface area contributed by atoms with Gasteiger partial charge >= 0.3 is 0 Å². The van der Waals surface area contributed by atoms with Crippen LogP contribution in [0.25, 0.3) is 0 Å². The van der Waals surface area contributed by atoms with Crippen molar-refractivity contribution in [1.29, 1.82) is 0 Å². The normalized spacial score (nSPS) is 11.5. The molecule has 3 N–H and O–H groups in total. The van der Waals surface area contributed by atoms with Crippen molar-refractivity contribution < 1.29 is 4.84 Å². The Bertz CT molecular complexity index is 301. The number of hydrazine groups is 1. The number of hydrogen-bond acceptors (Lipinski definition) is 4. The van der Waals surface area contributed by atoms with E-state index >= 15 is 0 Å². The molecule has 0 aliphatic carbocycles. The average molecular weight is 237 g/mol. The van der Waals surface area contributed by atoms with E-state index in [4.69, 9.17) is 4.84 Å². The van der Waals surface area contributed by atoms with Crippen LogP contribution >= 0.6 is 0 Å². The molecule has 0 unspecified atom stereocenters. The molecule has 0 saturated heterocycles. The SMILES string of the molecule is CNOCCCC(C)(C)NNc1ccccc1. The first kappa shape index (κ1) is 14.0. The van der Waals surface area contributed by atoms with Gasteiger partial charge in [0, 0.05) is 18.3 Å². The van der Waals surface area contributed by atoms with E-state index < -0.39 is 0 Å². The molecule has 1 aromatic rings. The van der Waals surface area contributed by atoms with Crippen LogP contribution in [0.5, 0.6) is 0 Å². The van der Waals surface area contributed by atoms with E-state index in [1.165, 1.54) is 0 Å². The zero-order valence-electron chi connectivity index (χ0n) is 10.9. The highest BCUT2D eigenvalue weighted by Gasteiger charge is 2.16. The highest BCUT2D eigenvalue weighted by atomic mass is 16.6. The van der Waals surface area contributed by atoms with Gasteiger partial charge in [-0.25, -0.2) is 10.9 Å². The zero-order chi connectivity index (χ0) is 12.6. The molecule has 0 saturated carbocycles. The first-order valence-electron chi connectivity index (χ1n) is 6.01. The fourth-order valence-corrected chi connectivity index (χ4v) is 1.51. The van der Waals surface area contributed by atoms with Crippen molar-refractivity contribution in [3.05, 3.63) is 30.3 Å². The molecule has 0 aliphatic heterocycles. The van der Waals surface area contributed by atoms with Crippen LogP contribution in [0.2, 0.25) is 0 Å². The third kappa shape index (κ3) is 6.26. The van der Waals surface area contributed by atoms with Crippen molar-refractivity contribution in [3.8, 4) is 0 Å². The van der Waals surface area contributed by atoms with Gasteiger partial charge in [-0.05, 0) is 38.8 Å². The van der Waals surface area contributed by atoms with Gasteiger partial charge in [-0.1, -0.05) is 18.2 Å². The summed E-state index contributed by atoms with van der Waals surface area (Å²) in [5.74, 6) is 0. The number of hydrogen-bond donors (Lipinski definition) is 3. The van der Waals surface area contributed by atoms with Gasteiger partial charge in [0.15, 0.2) is 0 Å². The maximum Gasteiger partial charge on any atom is 0.0682 e. The quantitative estimate of drug-likeness (QED) is 0.479. The standard InChI is InChI=1S/C13H23N3O/c1-13(2,10-7-11-17-14-3)16-15-12-8-5-4-6-9-12/h4-6,8-9,14-16H,7,10-11H2,1-3H3. The highest BCUT2D eigenvalue weighted by molar-refractivity contribution is 5.41. The molecule has 0 heterocycles. The predicted molar refractivity (Wildman–Crippen MR) is 71.5 cm³/mol. The van der Waals surface area contributed by atoms with Gasteiger partial charge in [0.1, 0.15) is 0 Å². The number of benzene rings is 1. The molecule has 0 aromatic heterocycles. The fourth-order valence-electron chi connectivity index (χ4n) is 1.51. The molecule has 0 atom stereocenters. The molecule has 0 radical (unpaired) electrons. The third-order valence-corrected chi connectivity index (χ3v) is 2.51. The summed E-state index contributed by atoms with van der Waals surface area (Å²) < 4.78 is 0. The van der Waals surface area contributed by atoms with Crippen LogP contribution in [-0.4, -0.2) is 19.2 Å². The van der Waals surface area contributed by atoms with E-state index in [1.54, 1.807) is 7.05 Å². The molecule has 0 spiro atoms. The Kier molecular flexibility index (Phi) is 5.97. The molecular weight excluding hydrogens is 214 g/mol. The molecule has 0 amide bonds. The summed E-state index contributed by atoms with van der Waals surface area (Å²) in [6.07, 6.45) is 2.05. The lowest BCUT2D eigenvalue weighted by molar-refractivity contribution is 0.0522. The summed E-state index contributed by atoms with van der Waals surface area (Å²) in [7, 11) is 1.78. The Morgan fingerprint density at radius 2 is 1.88 bits per heavy atom. The monoisotopic (exact) mass is 237 g/mol. The lowest BCUT2D eigenvalue weighted by Gasteiger charge is -2.27. The minimum atomic E-state index is 0.0347. The molecule has 17 heavy (non-hydrogen) atoms. The van der Waals surface area contributed by atoms with E-state index in [9.17, 15) is 0 Å². The molecule has 1 aromatic carbocycles. The van der Waals surface area contributed by atoms with Crippen LogP contribution in [0.3, 0.4) is 0 Å². The summed E-state index contributed by atoms with van der Waals surface area (Å²) in [4.78, 5) is 5.09. The Balaban J connectivity index is 2.24. The Morgan fingerprint density at radius 1 is 1.18 bits per heavy atom. The van der Waals surface area contributed by atoms with E-state index in [0.717, 1.165) is 25.1 Å². The molecular formula is C13H23N3O. The third-order valence-electron chi connectivity index (χ3n) is 2.51. The summed E-state index contributed by atoms with van der Waals surface area (Å²) in [6.45, 7) is 5.07. The van der Waals surface area contributed by atoms with Crippen molar-refractivity contribution in [3.63, 3.8) is 0 Å². The number of para-hydroxylation sites is 1. The lowest BCUT2D eigenvalue weighted by Crippen LogP contribution is -2.43. The predicted octanol–water partition coefficient (Wildman–Crippen LogP) is 2.31. The molecule has 0 fully saturated rings. The van der Waals surface area contributed by atoms with Crippen LogP contribution < -0.4 is 16.3 Å². The van der Waals surface area contributed by atoms with Gasteiger partial charge < -0.3 is 10.3 Å². The minimum absolute atomic E-state index is 0.0347. The summed E-state index contributed by atoms with van der Waals surface area (Å²) in [6, 6.07) is 10.1. The van der Waals surface area contributed by atoms with Gasteiger partial charge in [-0.3, -0.25) is 0 Å². The lowest BCUT2D eigenvalue weighted by atomic mass is 10.00. The minimum Gasteiger partial charge on any atom is -0.321 e. The summed E-state index contributed by atoms with van der Waals surface area (Å²) >= 11 is 0. The first-order valence-corrected chi connectivity index (χ1v) is 6.01. The van der Waals surface area contributed by atoms with Gasteiger partial charge in [-0.2, -0.15) is 0 Å². The smallest absolute Gasteiger partial charge is 0.0682 e. The van der Waals surface area contributed by atoms with Gasteiger partial charge in [0.05, 0.1) is 6.61 Å². The van der Waals surface area contributed by atoms with E-state index in [1.807, 2.05) is 30.3 Å². The van der Waals surface area contributed by atoms with Gasteiger partial charge in [0.2, 0.25) is 0 Å². The topological polar surface area (TPSA) is 45.3 Å². The number of rotatable bonds is 8. The number of hydroxylamine groups is 1. The average Bonchev–Trinajstić information content (AvgIpc) is 2.34. The fraction of sp³-hybridized carbons (Fsp3) is 0.538. The number of anilines is 1. The van der Waals surface area contributed by atoms with E-state index in [0.29, 0.717) is 0 Å². The summed E-state index contributed by atoms with van der Waals surface area (Å²) in [5, 5.41) is 0. The molecule has 0 bridgehead atoms. The molecule has 0 aliphatic rings. The number of nitrogens with one attached hydrogen (secondary N) is 3. The summed E-state index contributed by atoms with van der Waals surface area (Å²) in [5.41, 5.74) is 10.3. The maximum absolute atomic E-state index is 5.09. The maximum atomic E-state index is 5.09. The molecule has 4 heteroatoms. The van der Waals surface area contributed by atoms with Crippen LogP contribution in [0.1, 0.15) is 26.7 Å². The van der Waals surface area contributed by atoms with Gasteiger partial charge in [-0.15, -0.1) is 0 Å². The molecule has 4 nitrogen and oxygen atoms in total. The van der Waals surface area contributed by atoms with Crippen molar-refractivity contribution in [2.45, 2.75) is 32.2 Å². The van der Waals surface area contributed by atoms with Crippen LogP contribution in [-0.2, 0) is 4.84 Å².